The maximum Gasteiger partial charge on any atom is 0.409 e. The van der Waals surface area contributed by atoms with Crippen molar-refractivity contribution in [3.8, 4) is 17.1 Å². The van der Waals surface area contributed by atoms with E-state index in [0.717, 1.165) is 60.3 Å². The van der Waals surface area contributed by atoms with Crippen molar-refractivity contribution in [2.75, 3.05) is 52.3 Å². The molecule has 1 aromatic carbocycles. The SMILES string of the molecule is COC(=O)N(C)C1CCN(c2ccc3cc(-c4nn5cc(C(=O)N6C[C@H](N)C[C@@H](F)C6)cc(OC)c5c4C)n(CC4CC4)c3c2)CC1. The van der Waals surface area contributed by atoms with Gasteiger partial charge in [-0.15, -0.1) is 0 Å². The monoisotopic (exact) mass is 645 g/mol. The molecule has 0 unspecified atom stereocenters. The van der Waals surface area contributed by atoms with Crippen molar-refractivity contribution in [1.29, 1.82) is 0 Å². The summed E-state index contributed by atoms with van der Waals surface area (Å²) in [5.41, 5.74) is 12.4. The fourth-order valence-electron chi connectivity index (χ4n) is 7.42. The molecule has 1 aliphatic carbocycles. The van der Waals surface area contributed by atoms with Crippen LogP contribution in [0.15, 0.2) is 36.5 Å². The van der Waals surface area contributed by atoms with Gasteiger partial charge in [-0.25, -0.2) is 13.7 Å². The summed E-state index contributed by atoms with van der Waals surface area (Å²) in [5.74, 6) is 0.886. The van der Waals surface area contributed by atoms with E-state index in [4.69, 9.17) is 20.3 Å². The Hall–Kier alpha value is -4.32. The van der Waals surface area contributed by atoms with Crippen LogP contribution in [-0.2, 0) is 11.3 Å². The van der Waals surface area contributed by atoms with Gasteiger partial charge in [-0.05, 0) is 69.2 Å². The number of benzene rings is 1. The number of rotatable bonds is 7. The minimum atomic E-state index is -1.14. The van der Waals surface area contributed by atoms with Crippen molar-refractivity contribution >= 4 is 34.1 Å². The number of alkyl halides is 1. The molecule has 0 spiro atoms. The van der Waals surface area contributed by atoms with E-state index in [2.05, 4.69) is 33.7 Å². The Kier molecular flexibility index (Phi) is 8.23. The second-order valence-electron chi connectivity index (χ2n) is 13.5. The standard InChI is InChI=1S/C35H44FN7O4/c1-21-32(38-43-18-24(14-31(46-3)33(21)43)34(44)41-19-25(36)15-26(37)20-41)30-13-23-7-8-28(16-29(23)42(30)17-22-5-6-22)40-11-9-27(10-12-40)39(2)35(45)47-4/h7-8,13-14,16,18,22,25-27H,5-6,9-12,15,17,19-20,37H2,1-4H3/t25-,26-/m1/s1. The van der Waals surface area contributed by atoms with E-state index in [1.165, 1.54) is 36.1 Å². The third kappa shape index (κ3) is 5.88. The topological polar surface area (TPSA) is 111 Å². The molecular formula is C35H44FN7O4. The van der Waals surface area contributed by atoms with E-state index in [-0.39, 0.29) is 37.0 Å². The number of hydrogen-bond acceptors (Lipinski definition) is 7. The van der Waals surface area contributed by atoms with Crippen LogP contribution in [0.4, 0.5) is 14.9 Å². The Labute approximate surface area is 274 Å². The van der Waals surface area contributed by atoms with Crippen LogP contribution in [0.1, 0.15) is 48.0 Å². The Morgan fingerprint density at radius 1 is 1.09 bits per heavy atom. The lowest BCUT2D eigenvalue weighted by atomic mass is 10.0. The van der Waals surface area contributed by atoms with E-state index >= 15 is 0 Å². The second kappa shape index (κ2) is 12.4. The molecule has 3 aliphatic rings. The molecule has 2 N–H and O–H groups in total. The van der Waals surface area contributed by atoms with Crippen molar-refractivity contribution in [3.63, 3.8) is 0 Å². The van der Waals surface area contributed by atoms with Crippen LogP contribution < -0.4 is 15.4 Å². The zero-order valence-corrected chi connectivity index (χ0v) is 27.6. The zero-order valence-electron chi connectivity index (χ0n) is 27.6. The van der Waals surface area contributed by atoms with Crippen LogP contribution in [-0.4, -0.2) is 102 Å². The lowest BCUT2D eigenvalue weighted by Crippen LogP contribution is -2.50. The number of anilines is 1. The number of nitrogens with zero attached hydrogens (tertiary/aromatic N) is 6. The summed E-state index contributed by atoms with van der Waals surface area (Å²) in [5, 5.41) is 6.19. The highest BCUT2D eigenvalue weighted by molar-refractivity contribution is 5.96. The number of halogens is 1. The van der Waals surface area contributed by atoms with Gasteiger partial charge in [0.2, 0.25) is 0 Å². The summed E-state index contributed by atoms with van der Waals surface area (Å²) in [6.07, 6.45) is 4.73. The van der Waals surface area contributed by atoms with E-state index in [9.17, 15) is 14.0 Å². The molecule has 5 heterocycles. The Balaban J connectivity index is 1.23. The molecule has 3 aromatic heterocycles. The fourth-order valence-corrected chi connectivity index (χ4v) is 7.42. The fraction of sp³-hybridized carbons (Fsp3) is 0.514. The molecule has 4 aromatic rings. The first-order chi connectivity index (χ1) is 22.6. The molecular weight excluding hydrogens is 601 g/mol. The number of fused-ring (bicyclic) bond motifs is 2. The number of piperidine rings is 2. The van der Waals surface area contributed by atoms with Crippen molar-refractivity contribution in [2.45, 2.75) is 63.8 Å². The minimum Gasteiger partial charge on any atom is -0.494 e. The van der Waals surface area contributed by atoms with Crippen LogP contribution in [0.5, 0.6) is 5.75 Å². The average Bonchev–Trinajstić information content (AvgIpc) is 3.75. The number of carbonyl (C=O) groups excluding carboxylic acids is 2. The third-order valence-electron chi connectivity index (χ3n) is 10.2. The lowest BCUT2D eigenvalue weighted by molar-refractivity contribution is 0.0605. The van der Waals surface area contributed by atoms with E-state index in [0.29, 0.717) is 23.8 Å². The highest BCUT2D eigenvalue weighted by atomic mass is 19.1. The molecule has 12 heteroatoms. The molecule has 2 saturated heterocycles. The van der Waals surface area contributed by atoms with Crippen molar-refractivity contribution in [1.82, 2.24) is 24.0 Å². The number of methoxy groups -OCH3 is 2. The van der Waals surface area contributed by atoms with Crippen molar-refractivity contribution in [3.05, 3.63) is 47.7 Å². The number of likely N-dealkylation sites (tertiary alicyclic amines) is 1. The zero-order chi connectivity index (χ0) is 33.0. The molecule has 3 fully saturated rings. The van der Waals surface area contributed by atoms with Gasteiger partial charge in [-0.1, -0.05) is 6.07 Å². The molecule has 7 rings (SSSR count). The van der Waals surface area contributed by atoms with Gasteiger partial charge in [0.15, 0.2) is 0 Å². The highest BCUT2D eigenvalue weighted by Gasteiger charge is 2.31. The Bertz CT molecular complexity index is 1810. The van der Waals surface area contributed by atoms with Crippen LogP contribution in [0.2, 0.25) is 0 Å². The van der Waals surface area contributed by atoms with Gasteiger partial charge in [-0.3, -0.25) is 4.79 Å². The van der Waals surface area contributed by atoms with Gasteiger partial charge in [0.25, 0.3) is 5.91 Å². The Morgan fingerprint density at radius 2 is 1.85 bits per heavy atom. The molecule has 1 saturated carbocycles. The number of nitrogens with two attached hydrogens (primary N) is 1. The summed E-state index contributed by atoms with van der Waals surface area (Å²) in [6.45, 7) is 5.00. The Morgan fingerprint density at radius 3 is 2.53 bits per heavy atom. The van der Waals surface area contributed by atoms with Gasteiger partial charge in [0, 0.05) is 68.1 Å². The van der Waals surface area contributed by atoms with Gasteiger partial charge in [0.05, 0.1) is 37.5 Å². The molecule has 0 radical (unpaired) electrons. The molecule has 250 valence electrons. The first kappa shape index (κ1) is 31.3. The molecule has 2 aliphatic heterocycles. The quantitative estimate of drug-likeness (QED) is 0.306. The number of aryl methyl sites for hydroxylation is 1. The molecule has 47 heavy (non-hydrogen) atoms. The molecule has 0 bridgehead atoms. The maximum atomic E-state index is 14.3. The van der Waals surface area contributed by atoms with E-state index < -0.39 is 6.17 Å². The van der Waals surface area contributed by atoms with Gasteiger partial charge in [0.1, 0.15) is 23.1 Å². The third-order valence-corrected chi connectivity index (χ3v) is 10.2. The average molecular weight is 646 g/mol. The van der Waals surface area contributed by atoms with Crippen LogP contribution >= 0.6 is 0 Å². The van der Waals surface area contributed by atoms with Gasteiger partial charge >= 0.3 is 6.09 Å². The number of aromatic nitrogens is 3. The van der Waals surface area contributed by atoms with Crippen LogP contribution in [0.25, 0.3) is 27.8 Å². The maximum absolute atomic E-state index is 14.3. The normalized spacial score (nSPS) is 20.6. The summed E-state index contributed by atoms with van der Waals surface area (Å²) < 4.78 is 29.2. The summed E-state index contributed by atoms with van der Waals surface area (Å²) in [7, 11) is 4.82. The lowest BCUT2D eigenvalue weighted by Gasteiger charge is -2.37. The summed E-state index contributed by atoms with van der Waals surface area (Å²) >= 11 is 0. The number of pyridine rings is 1. The van der Waals surface area contributed by atoms with Crippen molar-refractivity contribution < 1.29 is 23.5 Å². The largest absolute Gasteiger partial charge is 0.494 e. The van der Waals surface area contributed by atoms with E-state index in [1.54, 1.807) is 28.8 Å². The smallest absolute Gasteiger partial charge is 0.409 e. The van der Waals surface area contributed by atoms with Crippen molar-refractivity contribution in [2.24, 2.45) is 11.7 Å². The van der Waals surface area contributed by atoms with Crippen LogP contribution in [0, 0.1) is 12.8 Å². The minimum absolute atomic E-state index is 0.0298. The first-order valence-electron chi connectivity index (χ1n) is 16.6. The van der Waals surface area contributed by atoms with Crippen LogP contribution in [0.3, 0.4) is 0 Å². The van der Waals surface area contributed by atoms with Gasteiger partial charge in [-0.2, -0.15) is 5.10 Å². The number of amides is 2. The number of hydrogen-bond donors (Lipinski definition) is 1. The van der Waals surface area contributed by atoms with Gasteiger partial charge < -0.3 is 34.5 Å². The number of carbonyl (C=O) groups is 2. The second-order valence-corrected chi connectivity index (χ2v) is 13.5. The predicted molar refractivity (Wildman–Crippen MR) is 179 cm³/mol. The molecule has 2 amide bonds. The summed E-state index contributed by atoms with van der Waals surface area (Å²) in [6, 6.07) is 10.4. The first-order valence-corrected chi connectivity index (χ1v) is 16.6. The molecule has 11 nitrogen and oxygen atoms in total. The van der Waals surface area contributed by atoms with E-state index in [1.807, 2.05) is 14.0 Å². The summed E-state index contributed by atoms with van der Waals surface area (Å²) in [4.78, 5) is 31.1. The predicted octanol–water partition coefficient (Wildman–Crippen LogP) is 4.86. The number of ether oxygens (including phenoxy) is 2. The molecule has 2 atom stereocenters. The highest BCUT2D eigenvalue weighted by Crippen LogP contribution is 2.39.